The minimum absolute atomic E-state index is 0.371. The second-order valence-corrected chi connectivity index (χ2v) is 7.62. The molecule has 0 aromatic heterocycles. The summed E-state index contributed by atoms with van der Waals surface area (Å²) in [6.07, 6.45) is 5.33. The minimum Gasteiger partial charge on any atom is -0.495 e. The molecule has 21 heavy (non-hydrogen) atoms. The molecule has 0 saturated heterocycles. The van der Waals surface area contributed by atoms with Crippen molar-refractivity contribution in [3.63, 3.8) is 0 Å². The molecule has 2 unspecified atom stereocenters. The smallest absolute Gasteiger partial charge is 0.137 e. The van der Waals surface area contributed by atoms with Gasteiger partial charge >= 0.3 is 0 Å². The first-order valence-electron chi connectivity index (χ1n) is 7.97. The van der Waals surface area contributed by atoms with Crippen LogP contribution in [0.5, 0.6) is 5.75 Å². The van der Waals surface area contributed by atoms with Crippen LogP contribution in [0, 0.1) is 11.3 Å². The van der Waals surface area contributed by atoms with E-state index in [9.17, 15) is 0 Å². The molecule has 0 amide bonds. The van der Waals surface area contributed by atoms with Crippen LogP contribution in [0.1, 0.15) is 52.0 Å². The van der Waals surface area contributed by atoms with Crippen LogP contribution >= 0.6 is 11.6 Å². The molecule has 2 nitrogen and oxygen atoms in total. The maximum absolute atomic E-state index is 6.20. The van der Waals surface area contributed by atoms with Gasteiger partial charge in [-0.2, -0.15) is 0 Å². The van der Waals surface area contributed by atoms with Gasteiger partial charge in [0.2, 0.25) is 0 Å². The van der Waals surface area contributed by atoms with Crippen LogP contribution in [-0.2, 0) is 6.54 Å². The lowest BCUT2D eigenvalue weighted by Crippen LogP contribution is -2.43. The van der Waals surface area contributed by atoms with Gasteiger partial charge in [0.05, 0.1) is 12.1 Å². The van der Waals surface area contributed by atoms with E-state index in [1.54, 1.807) is 7.11 Å². The molecule has 2 rings (SSSR count). The second-order valence-electron chi connectivity index (χ2n) is 7.21. The molecule has 0 aliphatic heterocycles. The first kappa shape index (κ1) is 16.6. The number of hydrogen-bond acceptors (Lipinski definition) is 2. The van der Waals surface area contributed by atoms with Crippen molar-refractivity contribution in [1.29, 1.82) is 0 Å². The van der Waals surface area contributed by atoms with Gasteiger partial charge in [-0.25, -0.2) is 0 Å². The molecule has 118 valence electrons. The lowest BCUT2D eigenvalue weighted by Gasteiger charge is -2.41. The van der Waals surface area contributed by atoms with Crippen molar-refractivity contribution in [1.82, 2.24) is 5.32 Å². The monoisotopic (exact) mass is 309 g/mol. The van der Waals surface area contributed by atoms with E-state index in [2.05, 4.69) is 32.2 Å². The van der Waals surface area contributed by atoms with E-state index in [1.165, 1.54) is 31.2 Å². The van der Waals surface area contributed by atoms with Gasteiger partial charge in [-0.15, -0.1) is 0 Å². The quantitative estimate of drug-likeness (QED) is 0.841. The summed E-state index contributed by atoms with van der Waals surface area (Å²) in [5.41, 5.74) is 1.59. The summed E-state index contributed by atoms with van der Waals surface area (Å²) < 4.78 is 5.20. The zero-order chi connectivity index (χ0) is 15.5. The SMILES string of the molecule is COc1ccc(CNC2CCCCC2C(C)(C)C)cc1Cl. The standard InChI is InChI=1S/C18H28ClNO/c1-18(2,3)14-7-5-6-8-16(14)20-12-13-9-10-17(21-4)15(19)11-13/h9-11,14,16,20H,5-8,12H2,1-4H3. The van der Waals surface area contributed by atoms with Crippen LogP contribution in [-0.4, -0.2) is 13.2 Å². The maximum atomic E-state index is 6.20. The van der Waals surface area contributed by atoms with E-state index in [1.807, 2.05) is 12.1 Å². The molecular formula is C18H28ClNO. The Hall–Kier alpha value is -0.730. The highest BCUT2D eigenvalue weighted by atomic mass is 35.5. The van der Waals surface area contributed by atoms with Crippen LogP contribution in [0.25, 0.3) is 0 Å². The number of ether oxygens (including phenoxy) is 1. The Morgan fingerprint density at radius 2 is 1.95 bits per heavy atom. The van der Waals surface area contributed by atoms with E-state index >= 15 is 0 Å². The van der Waals surface area contributed by atoms with Gasteiger partial charge in [-0.3, -0.25) is 0 Å². The van der Waals surface area contributed by atoms with Gasteiger partial charge in [0.25, 0.3) is 0 Å². The first-order chi connectivity index (χ1) is 9.91. The summed E-state index contributed by atoms with van der Waals surface area (Å²) in [6.45, 7) is 7.96. The Bertz CT molecular complexity index is 467. The number of hydrogen-bond donors (Lipinski definition) is 1. The van der Waals surface area contributed by atoms with Crippen molar-refractivity contribution < 1.29 is 4.74 Å². The first-order valence-corrected chi connectivity index (χ1v) is 8.35. The fraction of sp³-hybridized carbons (Fsp3) is 0.667. The fourth-order valence-corrected chi connectivity index (χ4v) is 3.76. The predicted molar refractivity (Wildman–Crippen MR) is 90.0 cm³/mol. The Morgan fingerprint density at radius 1 is 1.24 bits per heavy atom. The molecule has 0 spiro atoms. The molecule has 2 atom stereocenters. The van der Waals surface area contributed by atoms with E-state index < -0.39 is 0 Å². The van der Waals surface area contributed by atoms with Crippen LogP contribution in [0.4, 0.5) is 0 Å². The summed E-state index contributed by atoms with van der Waals surface area (Å²) >= 11 is 6.20. The third kappa shape index (κ3) is 4.37. The molecule has 0 heterocycles. The predicted octanol–water partition coefficient (Wildman–Crippen LogP) is 5.04. The van der Waals surface area contributed by atoms with Gasteiger partial charge < -0.3 is 10.1 Å². The van der Waals surface area contributed by atoms with Crippen molar-refractivity contribution in [2.24, 2.45) is 11.3 Å². The fourth-order valence-electron chi connectivity index (χ4n) is 3.48. The molecular weight excluding hydrogens is 282 g/mol. The lowest BCUT2D eigenvalue weighted by molar-refractivity contribution is 0.130. The van der Waals surface area contributed by atoms with Crippen LogP contribution in [0.15, 0.2) is 18.2 Å². The highest BCUT2D eigenvalue weighted by molar-refractivity contribution is 6.32. The van der Waals surface area contributed by atoms with Gasteiger partial charge in [0, 0.05) is 12.6 Å². The van der Waals surface area contributed by atoms with Crippen molar-refractivity contribution >= 4 is 11.6 Å². The van der Waals surface area contributed by atoms with Crippen molar-refractivity contribution in [3.05, 3.63) is 28.8 Å². The highest BCUT2D eigenvalue weighted by Gasteiger charge is 2.33. The zero-order valence-electron chi connectivity index (χ0n) is 13.7. The number of benzene rings is 1. The lowest BCUT2D eigenvalue weighted by atomic mass is 9.69. The number of nitrogens with one attached hydrogen (secondary N) is 1. The maximum Gasteiger partial charge on any atom is 0.137 e. The van der Waals surface area contributed by atoms with E-state index in [-0.39, 0.29) is 0 Å². The topological polar surface area (TPSA) is 21.3 Å². The third-order valence-electron chi connectivity index (χ3n) is 4.66. The molecule has 1 aromatic rings. The Kier molecular flexibility index (Phi) is 5.56. The minimum atomic E-state index is 0.371. The van der Waals surface area contributed by atoms with E-state index in [0.29, 0.717) is 16.5 Å². The number of rotatable bonds is 4. The molecule has 1 N–H and O–H groups in total. The molecule has 0 bridgehead atoms. The molecule has 1 aliphatic rings. The van der Waals surface area contributed by atoms with E-state index in [0.717, 1.165) is 18.2 Å². The zero-order valence-corrected chi connectivity index (χ0v) is 14.5. The van der Waals surface area contributed by atoms with Crippen LogP contribution in [0.3, 0.4) is 0 Å². The highest BCUT2D eigenvalue weighted by Crippen LogP contribution is 2.38. The van der Waals surface area contributed by atoms with E-state index in [4.69, 9.17) is 16.3 Å². The molecule has 1 saturated carbocycles. The molecule has 1 aromatic carbocycles. The van der Waals surface area contributed by atoms with Crippen LogP contribution in [0.2, 0.25) is 5.02 Å². The summed E-state index contributed by atoms with van der Waals surface area (Å²) in [5.74, 6) is 1.49. The van der Waals surface area contributed by atoms with Crippen molar-refractivity contribution in [3.8, 4) is 5.75 Å². The molecule has 0 radical (unpaired) electrons. The van der Waals surface area contributed by atoms with Gasteiger partial charge in [-0.05, 0) is 41.9 Å². The second kappa shape index (κ2) is 7.02. The average Bonchev–Trinajstić information content (AvgIpc) is 2.44. The largest absolute Gasteiger partial charge is 0.495 e. The molecule has 1 fully saturated rings. The van der Waals surface area contributed by atoms with Gasteiger partial charge in [0.15, 0.2) is 0 Å². The number of halogens is 1. The van der Waals surface area contributed by atoms with Gasteiger partial charge in [-0.1, -0.05) is 51.3 Å². The number of methoxy groups -OCH3 is 1. The Labute approximate surface area is 134 Å². The van der Waals surface area contributed by atoms with Crippen LogP contribution < -0.4 is 10.1 Å². The summed E-state index contributed by atoms with van der Waals surface area (Å²) in [5, 5.41) is 4.45. The normalized spacial score (nSPS) is 23.1. The Morgan fingerprint density at radius 3 is 2.57 bits per heavy atom. The average molecular weight is 310 g/mol. The molecule has 3 heteroatoms. The third-order valence-corrected chi connectivity index (χ3v) is 4.96. The van der Waals surface area contributed by atoms with Crippen molar-refractivity contribution in [2.75, 3.05) is 7.11 Å². The van der Waals surface area contributed by atoms with Gasteiger partial charge in [0.1, 0.15) is 5.75 Å². The summed E-state index contributed by atoms with van der Waals surface area (Å²) in [7, 11) is 1.65. The summed E-state index contributed by atoms with van der Waals surface area (Å²) in [4.78, 5) is 0. The van der Waals surface area contributed by atoms with Crippen molar-refractivity contribution in [2.45, 2.75) is 59.0 Å². The summed E-state index contributed by atoms with van der Waals surface area (Å²) in [6, 6.07) is 6.65. The Balaban J connectivity index is 1.99. The molecule has 1 aliphatic carbocycles.